The molecule has 1 saturated heterocycles. The van der Waals surface area contributed by atoms with Crippen molar-refractivity contribution in [1.29, 1.82) is 0 Å². The lowest BCUT2D eigenvalue weighted by Crippen LogP contribution is -2.43. The maximum atomic E-state index is 12.6. The topological polar surface area (TPSA) is 57.3 Å². The number of fused-ring (bicyclic) bond motifs is 1. The average molecular weight is 387 g/mol. The number of hydrogen-bond donors (Lipinski definition) is 2. The second-order valence-electron chi connectivity index (χ2n) is 7.65. The fourth-order valence-corrected chi connectivity index (χ4v) is 4.42. The van der Waals surface area contributed by atoms with Crippen LogP contribution >= 0.6 is 11.6 Å². The Morgan fingerprint density at radius 2 is 1.93 bits per heavy atom. The minimum atomic E-state index is 0.0579. The van der Waals surface area contributed by atoms with Crippen LogP contribution in [0.2, 0.25) is 5.02 Å². The third-order valence-corrected chi connectivity index (χ3v) is 6.02. The predicted molar refractivity (Wildman–Crippen MR) is 112 cm³/mol. The zero-order valence-corrected chi connectivity index (χ0v) is 16.4. The Morgan fingerprint density at radius 1 is 1.15 bits per heavy atom. The van der Waals surface area contributed by atoms with Crippen LogP contribution in [0.25, 0.3) is 10.9 Å². The number of benzene rings is 1. The zero-order valence-electron chi connectivity index (χ0n) is 15.6. The number of rotatable bonds is 4. The molecule has 6 heteroatoms. The van der Waals surface area contributed by atoms with E-state index in [4.69, 9.17) is 16.6 Å². The summed E-state index contributed by atoms with van der Waals surface area (Å²) in [4.78, 5) is 19.7. The van der Waals surface area contributed by atoms with E-state index in [1.807, 2.05) is 24.3 Å². The molecule has 1 aliphatic carbocycles. The first-order valence-corrected chi connectivity index (χ1v) is 10.4. The Balaban J connectivity index is 1.54. The molecule has 5 nitrogen and oxygen atoms in total. The van der Waals surface area contributed by atoms with Crippen molar-refractivity contribution in [2.24, 2.45) is 5.92 Å². The number of amides is 1. The Kier molecular flexibility index (Phi) is 5.79. The van der Waals surface area contributed by atoms with Crippen LogP contribution in [0.1, 0.15) is 38.5 Å². The van der Waals surface area contributed by atoms with Gasteiger partial charge in [0.05, 0.1) is 16.2 Å². The number of piperazine rings is 1. The Morgan fingerprint density at radius 3 is 2.70 bits per heavy atom. The molecule has 0 bridgehead atoms. The quantitative estimate of drug-likeness (QED) is 0.826. The molecule has 0 atom stereocenters. The largest absolute Gasteiger partial charge is 0.354 e. The molecular weight excluding hydrogens is 360 g/mol. The van der Waals surface area contributed by atoms with Gasteiger partial charge in [0.15, 0.2) is 0 Å². The van der Waals surface area contributed by atoms with Gasteiger partial charge in [0.2, 0.25) is 5.91 Å². The van der Waals surface area contributed by atoms with Gasteiger partial charge >= 0.3 is 0 Å². The van der Waals surface area contributed by atoms with Crippen molar-refractivity contribution in [2.45, 2.75) is 38.5 Å². The van der Waals surface area contributed by atoms with E-state index in [2.05, 4.69) is 15.5 Å². The summed E-state index contributed by atoms with van der Waals surface area (Å²) in [6.07, 6.45) is 6.68. The molecule has 2 fully saturated rings. The van der Waals surface area contributed by atoms with Crippen LogP contribution in [0, 0.1) is 5.92 Å². The molecule has 2 N–H and O–H groups in total. The molecule has 2 heterocycles. The van der Waals surface area contributed by atoms with Crippen molar-refractivity contribution in [3.8, 4) is 0 Å². The third kappa shape index (κ3) is 4.36. The van der Waals surface area contributed by atoms with Gasteiger partial charge in [-0.25, -0.2) is 4.98 Å². The fraction of sp³-hybridized carbons (Fsp3) is 0.524. The van der Waals surface area contributed by atoms with E-state index < -0.39 is 0 Å². The van der Waals surface area contributed by atoms with Crippen molar-refractivity contribution in [3.63, 3.8) is 0 Å². The van der Waals surface area contributed by atoms with E-state index in [-0.39, 0.29) is 5.91 Å². The first-order chi connectivity index (χ1) is 13.2. The van der Waals surface area contributed by atoms with E-state index in [0.29, 0.717) is 23.0 Å². The van der Waals surface area contributed by atoms with Gasteiger partial charge in [-0.05, 0) is 43.0 Å². The van der Waals surface area contributed by atoms with Crippen molar-refractivity contribution >= 4 is 39.9 Å². The van der Waals surface area contributed by atoms with Crippen molar-refractivity contribution < 1.29 is 4.79 Å². The molecule has 2 aliphatic rings. The lowest BCUT2D eigenvalue weighted by Gasteiger charge is -2.28. The van der Waals surface area contributed by atoms with E-state index in [1.54, 1.807) is 0 Å². The highest BCUT2D eigenvalue weighted by Crippen LogP contribution is 2.33. The van der Waals surface area contributed by atoms with Crippen molar-refractivity contribution in [1.82, 2.24) is 10.3 Å². The van der Waals surface area contributed by atoms with Gasteiger partial charge in [-0.15, -0.1) is 0 Å². The average Bonchev–Trinajstić information content (AvgIpc) is 2.71. The molecule has 1 aromatic carbocycles. The lowest BCUT2D eigenvalue weighted by molar-refractivity contribution is -0.117. The highest BCUT2D eigenvalue weighted by atomic mass is 35.5. The van der Waals surface area contributed by atoms with Crippen LogP contribution < -0.4 is 15.5 Å². The second-order valence-corrected chi connectivity index (χ2v) is 8.06. The summed E-state index contributed by atoms with van der Waals surface area (Å²) in [5, 5.41) is 7.89. The molecule has 0 spiro atoms. The maximum Gasteiger partial charge on any atom is 0.224 e. The number of halogens is 1. The minimum absolute atomic E-state index is 0.0579. The van der Waals surface area contributed by atoms with E-state index in [9.17, 15) is 4.79 Å². The first kappa shape index (κ1) is 18.5. The van der Waals surface area contributed by atoms with Crippen LogP contribution in [0.15, 0.2) is 24.3 Å². The summed E-state index contributed by atoms with van der Waals surface area (Å²) in [6, 6.07) is 7.82. The fourth-order valence-electron chi connectivity index (χ4n) is 4.21. The van der Waals surface area contributed by atoms with Crippen LogP contribution in [0.4, 0.5) is 11.5 Å². The summed E-state index contributed by atoms with van der Waals surface area (Å²) in [5.74, 6) is 1.54. The molecule has 27 heavy (non-hydrogen) atoms. The third-order valence-electron chi connectivity index (χ3n) is 5.71. The Hall–Kier alpha value is -1.85. The number of aromatic nitrogens is 1. The Bertz CT molecular complexity index is 813. The van der Waals surface area contributed by atoms with Gasteiger partial charge in [0.1, 0.15) is 5.82 Å². The number of carbonyl (C=O) groups is 1. The van der Waals surface area contributed by atoms with Gasteiger partial charge < -0.3 is 15.5 Å². The molecule has 0 unspecified atom stereocenters. The Labute approximate surface area is 165 Å². The maximum absolute atomic E-state index is 12.6. The highest BCUT2D eigenvalue weighted by Gasteiger charge is 2.19. The standard InChI is InChI=1S/C21H27ClN4O/c22-17-7-8-18-16(6-9-19(24-18)26-12-10-23-11-13-26)21(17)25-20(27)14-15-4-2-1-3-5-15/h6-9,15,23H,1-5,10-14H2,(H,25,27). The molecule has 1 saturated carbocycles. The highest BCUT2D eigenvalue weighted by molar-refractivity contribution is 6.35. The van der Waals surface area contributed by atoms with Crippen molar-refractivity contribution in [2.75, 3.05) is 36.4 Å². The number of carbonyl (C=O) groups excluding carboxylic acids is 1. The predicted octanol–water partition coefficient (Wildman–Crippen LogP) is 4.21. The van der Waals surface area contributed by atoms with Gasteiger partial charge in [0.25, 0.3) is 0 Å². The number of pyridine rings is 1. The molecule has 1 amide bonds. The minimum Gasteiger partial charge on any atom is -0.354 e. The monoisotopic (exact) mass is 386 g/mol. The van der Waals surface area contributed by atoms with E-state index >= 15 is 0 Å². The van der Waals surface area contributed by atoms with Gasteiger partial charge in [-0.3, -0.25) is 4.79 Å². The van der Waals surface area contributed by atoms with Gasteiger partial charge in [-0.2, -0.15) is 0 Å². The summed E-state index contributed by atoms with van der Waals surface area (Å²) in [7, 11) is 0. The van der Waals surface area contributed by atoms with E-state index in [0.717, 1.165) is 55.7 Å². The van der Waals surface area contributed by atoms with Crippen molar-refractivity contribution in [3.05, 3.63) is 29.3 Å². The van der Waals surface area contributed by atoms with Crippen LogP contribution in [0.5, 0.6) is 0 Å². The first-order valence-electron chi connectivity index (χ1n) is 10.1. The second kappa shape index (κ2) is 8.44. The summed E-state index contributed by atoms with van der Waals surface area (Å²) in [5.41, 5.74) is 1.55. The number of anilines is 2. The SMILES string of the molecule is O=C(CC1CCCCC1)Nc1c(Cl)ccc2nc(N3CCNCC3)ccc12. The zero-order chi connectivity index (χ0) is 18.6. The molecule has 0 radical (unpaired) electrons. The number of nitrogens with zero attached hydrogens (tertiary/aromatic N) is 2. The summed E-state index contributed by atoms with van der Waals surface area (Å²) in [6.45, 7) is 3.86. The smallest absolute Gasteiger partial charge is 0.224 e. The van der Waals surface area contributed by atoms with E-state index in [1.165, 1.54) is 19.3 Å². The lowest BCUT2D eigenvalue weighted by atomic mass is 9.87. The molecule has 144 valence electrons. The summed E-state index contributed by atoms with van der Waals surface area (Å²) >= 11 is 6.42. The molecule has 1 aromatic heterocycles. The molecular formula is C21H27ClN4O. The normalized spacial score (nSPS) is 18.6. The van der Waals surface area contributed by atoms with Crippen LogP contribution in [0.3, 0.4) is 0 Å². The number of hydrogen-bond acceptors (Lipinski definition) is 4. The summed E-state index contributed by atoms with van der Waals surface area (Å²) < 4.78 is 0. The molecule has 4 rings (SSSR count). The number of nitrogens with one attached hydrogen (secondary N) is 2. The van der Waals surface area contributed by atoms with Crippen LogP contribution in [-0.2, 0) is 4.79 Å². The van der Waals surface area contributed by atoms with Crippen LogP contribution in [-0.4, -0.2) is 37.1 Å². The van der Waals surface area contributed by atoms with Gasteiger partial charge in [-0.1, -0.05) is 30.9 Å². The van der Waals surface area contributed by atoms with Gasteiger partial charge in [0, 0.05) is 38.0 Å². The molecule has 2 aromatic rings. The molecule has 1 aliphatic heterocycles.